The summed E-state index contributed by atoms with van der Waals surface area (Å²) in [5, 5.41) is 6.38. The number of nitrogens with zero attached hydrogens (tertiary/aromatic N) is 2. The van der Waals surface area contributed by atoms with E-state index >= 15 is 0 Å². The van der Waals surface area contributed by atoms with Crippen molar-refractivity contribution in [2.75, 3.05) is 37.4 Å². The minimum absolute atomic E-state index is 0.0724. The first-order valence-corrected chi connectivity index (χ1v) is 7.72. The maximum atomic E-state index is 5.60. The minimum Gasteiger partial charge on any atom is -0.380 e. The average molecular weight is 294 g/mol. The molecule has 0 fully saturated rings. The zero-order chi connectivity index (χ0) is 15.9. The van der Waals surface area contributed by atoms with Crippen molar-refractivity contribution in [2.24, 2.45) is 5.92 Å². The van der Waals surface area contributed by atoms with Crippen molar-refractivity contribution in [3.05, 3.63) is 11.9 Å². The van der Waals surface area contributed by atoms with Gasteiger partial charge in [0.05, 0.1) is 6.61 Å². The van der Waals surface area contributed by atoms with Crippen LogP contribution in [0.15, 0.2) is 6.07 Å². The number of aromatic nitrogens is 2. The van der Waals surface area contributed by atoms with Crippen molar-refractivity contribution in [3.63, 3.8) is 0 Å². The summed E-state index contributed by atoms with van der Waals surface area (Å²) in [6.45, 7) is 13.0. The molecule has 1 heterocycles. The van der Waals surface area contributed by atoms with Crippen molar-refractivity contribution in [3.8, 4) is 0 Å². The molecule has 5 nitrogen and oxygen atoms in total. The lowest BCUT2D eigenvalue weighted by molar-refractivity contribution is 0.132. The van der Waals surface area contributed by atoms with Crippen LogP contribution in [0.2, 0.25) is 0 Å². The Morgan fingerprint density at radius 1 is 1.14 bits per heavy atom. The SMILES string of the molecule is CNc1cc(NCCOCCC(C)C)nc(C(C)(C)C)n1. The Morgan fingerprint density at radius 3 is 2.38 bits per heavy atom. The molecule has 1 aromatic heterocycles. The maximum Gasteiger partial charge on any atom is 0.138 e. The van der Waals surface area contributed by atoms with E-state index in [1.165, 1.54) is 0 Å². The Balaban J connectivity index is 2.51. The number of hydrogen-bond donors (Lipinski definition) is 2. The van der Waals surface area contributed by atoms with Crippen LogP contribution in [0, 0.1) is 5.92 Å². The Kier molecular flexibility index (Phi) is 6.89. The summed E-state index contributed by atoms with van der Waals surface area (Å²) in [5.74, 6) is 3.19. The highest BCUT2D eigenvalue weighted by molar-refractivity contribution is 5.47. The molecule has 0 aliphatic rings. The van der Waals surface area contributed by atoms with E-state index in [1.54, 1.807) is 0 Å². The fourth-order valence-electron chi connectivity index (χ4n) is 1.67. The Hall–Kier alpha value is -1.36. The monoisotopic (exact) mass is 294 g/mol. The standard InChI is InChI=1S/C16H30N4O/c1-12(2)7-9-21-10-8-18-14-11-13(17-6)19-15(20-14)16(3,4)5/h11-12H,7-10H2,1-6H3,(H2,17,18,19,20). The van der Waals surface area contributed by atoms with Crippen LogP contribution >= 0.6 is 0 Å². The first kappa shape index (κ1) is 17.7. The van der Waals surface area contributed by atoms with Crippen LogP contribution in [0.25, 0.3) is 0 Å². The van der Waals surface area contributed by atoms with Crippen LogP contribution in [0.4, 0.5) is 11.6 Å². The predicted molar refractivity (Wildman–Crippen MR) is 89.0 cm³/mol. The van der Waals surface area contributed by atoms with E-state index in [-0.39, 0.29) is 5.41 Å². The number of nitrogens with one attached hydrogen (secondary N) is 2. The minimum atomic E-state index is -0.0724. The molecule has 0 spiro atoms. The van der Waals surface area contributed by atoms with E-state index in [2.05, 4.69) is 55.2 Å². The molecule has 0 aromatic carbocycles. The fraction of sp³-hybridized carbons (Fsp3) is 0.750. The van der Waals surface area contributed by atoms with Gasteiger partial charge in [-0.2, -0.15) is 0 Å². The maximum absolute atomic E-state index is 5.60. The van der Waals surface area contributed by atoms with Crippen LogP contribution in [0.1, 0.15) is 46.9 Å². The summed E-state index contributed by atoms with van der Waals surface area (Å²) in [4.78, 5) is 9.09. The molecule has 0 unspecified atom stereocenters. The molecule has 0 saturated heterocycles. The van der Waals surface area contributed by atoms with Crippen molar-refractivity contribution in [1.29, 1.82) is 0 Å². The molecule has 5 heteroatoms. The van der Waals surface area contributed by atoms with Crippen molar-refractivity contribution >= 4 is 11.6 Å². The number of rotatable bonds is 8. The van der Waals surface area contributed by atoms with Crippen LogP contribution in [0.3, 0.4) is 0 Å². The van der Waals surface area contributed by atoms with Crippen molar-refractivity contribution < 1.29 is 4.74 Å². The third-order valence-electron chi connectivity index (χ3n) is 3.05. The molecule has 0 bridgehead atoms. The highest BCUT2D eigenvalue weighted by Crippen LogP contribution is 2.21. The molecular weight excluding hydrogens is 264 g/mol. The molecule has 0 radical (unpaired) electrons. The first-order valence-electron chi connectivity index (χ1n) is 7.72. The molecule has 0 atom stereocenters. The summed E-state index contributed by atoms with van der Waals surface area (Å²) in [6, 6.07) is 1.92. The van der Waals surface area contributed by atoms with Gasteiger partial charge in [-0.25, -0.2) is 9.97 Å². The van der Waals surface area contributed by atoms with Gasteiger partial charge in [-0.3, -0.25) is 0 Å². The Morgan fingerprint density at radius 2 is 1.81 bits per heavy atom. The summed E-state index contributed by atoms with van der Waals surface area (Å²) in [5.41, 5.74) is -0.0724. The second-order valence-electron chi connectivity index (χ2n) is 6.68. The summed E-state index contributed by atoms with van der Waals surface area (Å²) in [7, 11) is 1.87. The summed E-state index contributed by atoms with van der Waals surface area (Å²) >= 11 is 0. The molecule has 0 amide bonds. The lowest BCUT2D eigenvalue weighted by Gasteiger charge is -2.19. The van der Waals surface area contributed by atoms with Gasteiger partial charge in [0.2, 0.25) is 0 Å². The normalized spacial score (nSPS) is 11.8. The number of ether oxygens (including phenoxy) is 1. The number of anilines is 2. The summed E-state index contributed by atoms with van der Waals surface area (Å²) in [6.07, 6.45) is 1.10. The second-order valence-corrected chi connectivity index (χ2v) is 6.68. The lowest BCUT2D eigenvalue weighted by atomic mass is 9.96. The smallest absolute Gasteiger partial charge is 0.138 e. The van der Waals surface area contributed by atoms with E-state index in [1.807, 2.05) is 13.1 Å². The first-order chi connectivity index (χ1) is 9.82. The van der Waals surface area contributed by atoms with Crippen molar-refractivity contribution in [2.45, 2.75) is 46.5 Å². The Labute approximate surface area is 128 Å². The van der Waals surface area contributed by atoms with Gasteiger partial charge in [-0.1, -0.05) is 34.6 Å². The van der Waals surface area contributed by atoms with E-state index in [9.17, 15) is 0 Å². The van der Waals surface area contributed by atoms with Crippen molar-refractivity contribution in [1.82, 2.24) is 9.97 Å². The van der Waals surface area contributed by atoms with Crippen LogP contribution in [-0.2, 0) is 10.2 Å². The zero-order valence-corrected chi connectivity index (χ0v) is 14.3. The topological polar surface area (TPSA) is 59.1 Å². The molecule has 2 N–H and O–H groups in total. The molecular formula is C16H30N4O. The lowest BCUT2D eigenvalue weighted by Crippen LogP contribution is -2.19. The molecule has 0 aliphatic heterocycles. The van der Waals surface area contributed by atoms with Gasteiger partial charge < -0.3 is 15.4 Å². The Bertz CT molecular complexity index is 427. The van der Waals surface area contributed by atoms with E-state index in [4.69, 9.17) is 4.74 Å². The third-order valence-corrected chi connectivity index (χ3v) is 3.05. The van der Waals surface area contributed by atoms with Gasteiger partial charge in [-0.15, -0.1) is 0 Å². The fourth-order valence-corrected chi connectivity index (χ4v) is 1.67. The van der Waals surface area contributed by atoms with E-state index in [0.717, 1.165) is 37.0 Å². The second kappa shape index (κ2) is 8.17. The molecule has 0 saturated carbocycles. The van der Waals surface area contributed by atoms with Crippen LogP contribution in [0.5, 0.6) is 0 Å². The molecule has 120 valence electrons. The van der Waals surface area contributed by atoms with Crippen LogP contribution in [-0.4, -0.2) is 36.8 Å². The van der Waals surface area contributed by atoms with Gasteiger partial charge in [0.1, 0.15) is 17.5 Å². The predicted octanol–water partition coefficient (Wildman–Crippen LogP) is 3.29. The molecule has 0 aliphatic carbocycles. The molecule has 1 aromatic rings. The van der Waals surface area contributed by atoms with Gasteiger partial charge in [0.25, 0.3) is 0 Å². The summed E-state index contributed by atoms with van der Waals surface area (Å²) < 4.78 is 5.60. The third kappa shape index (κ3) is 6.76. The van der Waals surface area contributed by atoms with E-state index < -0.39 is 0 Å². The highest BCUT2D eigenvalue weighted by atomic mass is 16.5. The quantitative estimate of drug-likeness (QED) is 0.720. The largest absolute Gasteiger partial charge is 0.380 e. The molecule has 21 heavy (non-hydrogen) atoms. The van der Waals surface area contributed by atoms with Gasteiger partial charge in [0.15, 0.2) is 0 Å². The molecule has 1 rings (SSSR count). The van der Waals surface area contributed by atoms with Gasteiger partial charge in [-0.05, 0) is 12.3 Å². The number of hydrogen-bond acceptors (Lipinski definition) is 5. The average Bonchev–Trinajstić information content (AvgIpc) is 2.41. The zero-order valence-electron chi connectivity index (χ0n) is 14.3. The van der Waals surface area contributed by atoms with Gasteiger partial charge >= 0.3 is 0 Å². The van der Waals surface area contributed by atoms with Crippen LogP contribution < -0.4 is 10.6 Å². The highest BCUT2D eigenvalue weighted by Gasteiger charge is 2.18. The van der Waals surface area contributed by atoms with E-state index in [0.29, 0.717) is 12.5 Å². The van der Waals surface area contributed by atoms with Gasteiger partial charge in [0, 0.05) is 31.7 Å².